The molecule has 146 valence electrons. The summed E-state index contributed by atoms with van der Waals surface area (Å²) in [5.41, 5.74) is 7.91. The highest BCUT2D eigenvalue weighted by Gasteiger charge is 2.29. The Morgan fingerprint density at radius 3 is 2.85 bits per heavy atom. The second-order valence-corrected chi connectivity index (χ2v) is 7.49. The van der Waals surface area contributed by atoms with Crippen LogP contribution in [0, 0.1) is 5.41 Å². The predicted molar refractivity (Wildman–Crippen MR) is 108 cm³/mol. The van der Waals surface area contributed by atoms with Gasteiger partial charge in [0.2, 0.25) is 11.7 Å². The molecule has 1 aliphatic heterocycles. The maximum atomic E-state index is 7.55. The smallest absolute Gasteiger partial charge is 0.231 e. The van der Waals surface area contributed by atoms with E-state index in [9.17, 15) is 0 Å². The van der Waals surface area contributed by atoms with Gasteiger partial charge in [0.25, 0.3) is 0 Å². The van der Waals surface area contributed by atoms with Gasteiger partial charge in [-0.1, -0.05) is 62.4 Å². The van der Waals surface area contributed by atoms with E-state index in [1.165, 1.54) is 44.1 Å². The average Bonchev–Trinajstić information content (AvgIpc) is 3.34. The quantitative estimate of drug-likeness (QED) is 0.390. The first kappa shape index (κ1) is 19.4. The Hall–Kier alpha value is -2.37. The molecule has 0 saturated carbocycles. The molecular formula is C21H31N5O. The first-order valence-electron chi connectivity index (χ1n) is 10.2. The molecule has 1 aliphatic rings. The van der Waals surface area contributed by atoms with E-state index in [2.05, 4.69) is 35.3 Å². The molecule has 1 aromatic heterocycles. The molecule has 27 heavy (non-hydrogen) atoms. The van der Waals surface area contributed by atoms with Crippen molar-refractivity contribution in [3.8, 4) is 11.4 Å². The van der Waals surface area contributed by atoms with E-state index in [0.717, 1.165) is 24.9 Å². The van der Waals surface area contributed by atoms with E-state index in [1.54, 1.807) is 0 Å². The zero-order valence-corrected chi connectivity index (χ0v) is 16.3. The van der Waals surface area contributed by atoms with E-state index in [1.807, 2.05) is 11.0 Å². The van der Waals surface area contributed by atoms with Crippen LogP contribution in [0.2, 0.25) is 0 Å². The Balaban J connectivity index is 1.56. The number of likely N-dealkylation sites (tertiary alicyclic amines) is 1. The molecule has 1 fully saturated rings. The van der Waals surface area contributed by atoms with Crippen LogP contribution in [-0.2, 0) is 6.42 Å². The summed E-state index contributed by atoms with van der Waals surface area (Å²) in [6.07, 6.45) is 9.84. The van der Waals surface area contributed by atoms with Crippen molar-refractivity contribution in [3.63, 3.8) is 0 Å². The monoisotopic (exact) mass is 369 g/mol. The summed E-state index contributed by atoms with van der Waals surface area (Å²) in [4.78, 5) is 6.45. The van der Waals surface area contributed by atoms with Gasteiger partial charge in [0.05, 0.1) is 5.92 Å². The highest BCUT2D eigenvalue weighted by atomic mass is 16.5. The number of aryl methyl sites for hydroxylation is 1. The van der Waals surface area contributed by atoms with Gasteiger partial charge in [-0.3, -0.25) is 5.41 Å². The largest absolute Gasteiger partial charge is 0.370 e. The Bertz CT molecular complexity index is 742. The maximum absolute atomic E-state index is 7.55. The molecule has 6 heteroatoms. The van der Waals surface area contributed by atoms with Crippen molar-refractivity contribution in [1.82, 2.24) is 15.0 Å². The minimum Gasteiger partial charge on any atom is -0.370 e. The molecule has 0 spiro atoms. The van der Waals surface area contributed by atoms with Crippen molar-refractivity contribution in [2.75, 3.05) is 13.1 Å². The van der Waals surface area contributed by atoms with E-state index in [-0.39, 0.29) is 11.9 Å². The number of nitrogens with two attached hydrogens (primary N) is 1. The summed E-state index contributed by atoms with van der Waals surface area (Å²) in [6.45, 7) is 3.70. The summed E-state index contributed by atoms with van der Waals surface area (Å²) >= 11 is 0. The van der Waals surface area contributed by atoms with Gasteiger partial charge in [-0.15, -0.1) is 0 Å². The first-order valence-corrected chi connectivity index (χ1v) is 10.2. The normalized spacial score (nSPS) is 16.8. The number of benzene rings is 1. The van der Waals surface area contributed by atoms with Crippen molar-refractivity contribution < 1.29 is 4.52 Å². The number of nitrogens with one attached hydrogen (secondary N) is 1. The number of hydrogen-bond donors (Lipinski definition) is 2. The van der Waals surface area contributed by atoms with Crippen LogP contribution in [0.3, 0.4) is 0 Å². The number of nitrogens with zero attached hydrogens (tertiary/aromatic N) is 3. The molecule has 1 saturated heterocycles. The topological polar surface area (TPSA) is 92.0 Å². The molecule has 3 rings (SSSR count). The van der Waals surface area contributed by atoms with Crippen molar-refractivity contribution in [2.24, 2.45) is 5.73 Å². The number of hydrogen-bond acceptors (Lipinski definition) is 4. The standard InChI is InChI=1S/C21H31N5O/c1-2-3-4-5-6-7-9-16-10-8-11-17(14-16)19-24-20(27-25-19)18-12-13-26(15-18)21(22)23/h8,10-11,14,18H,2-7,9,12-13,15H2,1H3,(H3,22,23)/t18-/m1/s1. The SMILES string of the molecule is CCCCCCCCc1cccc(-c2noc([C@@H]3CCN(C(=N)N)C3)n2)c1. The van der Waals surface area contributed by atoms with Gasteiger partial charge in [0, 0.05) is 18.7 Å². The number of guanidine groups is 1. The van der Waals surface area contributed by atoms with Crippen molar-refractivity contribution in [2.45, 2.75) is 64.2 Å². The lowest BCUT2D eigenvalue weighted by Crippen LogP contribution is -2.34. The van der Waals surface area contributed by atoms with Crippen molar-refractivity contribution >= 4 is 5.96 Å². The lowest BCUT2D eigenvalue weighted by Gasteiger charge is -2.14. The highest BCUT2D eigenvalue weighted by Crippen LogP contribution is 2.27. The van der Waals surface area contributed by atoms with Crippen LogP contribution in [0.15, 0.2) is 28.8 Å². The number of rotatable bonds is 9. The molecule has 0 unspecified atom stereocenters. The average molecular weight is 370 g/mol. The summed E-state index contributed by atoms with van der Waals surface area (Å²) < 4.78 is 5.51. The summed E-state index contributed by atoms with van der Waals surface area (Å²) in [6, 6.07) is 8.47. The predicted octanol–water partition coefficient (Wildman–Crippen LogP) is 4.32. The minimum atomic E-state index is 0.111. The Morgan fingerprint density at radius 1 is 1.26 bits per heavy atom. The fraction of sp³-hybridized carbons (Fsp3) is 0.571. The molecule has 2 aromatic rings. The first-order chi connectivity index (χ1) is 13.2. The molecule has 0 bridgehead atoms. The number of aromatic nitrogens is 2. The molecule has 6 nitrogen and oxygen atoms in total. The Kier molecular flexibility index (Phi) is 6.85. The molecule has 3 N–H and O–H groups in total. The summed E-state index contributed by atoms with van der Waals surface area (Å²) in [5.74, 6) is 1.56. The fourth-order valence-corrected chi connectivity index (χ4v) is 3.67. The van der Waals surface area contributed by atoms with Crippen molar-refractivity contribution in [3.05, 3.63) is 35.7 Å². The fourth-order valence-electron chi connectivity index (χ4n) is 3.67. The van der Waals surface area contributed by atoms with Gasteiger partial charge in [-0.2, -0.15) is 4.98 Å². The van der Waals surface area contributed by atoms with E-state index < -0.39 is 0 Å². The molecule has 0 aliphatic carbocycles. The van der Waals surface area contributed by atoms with Crippen LogP contribution in [0.1, 0.15) is 69.2 Å². The molecule has 1 aromatic carbocycles. The van der Waals surface area contributed by atoms with Gasteiger partial charge in [0.1, 0.15) is 0 Å². The zero-order chi connectivity index (χ0) is 19.1. The van der Waals surface area contributed by atoms with Gasteiger partial charge in [0.15, 0.2) is 5.96 Å². The number of unbranched alkanes of at least 4 members (excludes halogenated alkanes) is 5. The third-order valence-corrected chi connectivity index (χ3v) is 5.32. The highest BCUT2D eigenvalue weighted by molar-refractivity contribution is 5.75. The zero-order valence-electron chi connectivity index (χ0n) is 16.3. The lowest BCUT2D eigenvalue weighted by atomic mass is 10.0. The van der Waals surface area contributed by atoms with Gasteiger partial charge in [-0.25, -0.2) is 0 Å². The second kappa shape index (κ2) is 9.53. The Morgan fingerprint density at radius 2 is 2.07 bits per heavy atom. The summed E-state index contributed by atoms with van der Waals surface area (Å²) in [7, 11) is 0. The van der Waals surface area contributed by atoms with E-state index >= 15 is 0 Å². The van der Waals surface area contributed by atoms with Crippen LogP contribution >= 0.6 is 0 Å². The lowest BCUT2D eigenvalue weighted by molar-refractivity contribution is 0.354. The van der Waals surface area contributed by atoms with Gasteiger partial charge < -0.3 is 15.2 Å². The third-order valence-electron chi connectivity index (χ3n) is 5.32. The second-order valence-electron chi connectivity index (χ2n) is 7.49. The van der Waals surface area contributed by atoms with E-state index in [0.29, 0.717) is 18.3 Å². The molecular weight excluding hydrogens is 338 g/mol. The molecule has 2 heterocycles. The molecule has 1 atom stereocenters. The van der Waals surface area contributed by atoms with Crippen molar-refractivity contribution in [1.29, 1.82) is 5.41 Å². The molecule has 0 amide bonds. The van der Waals surface area contributed by atoms with E-state index in [4.69, 9.17) is 15.7 Å². The van der Waals surface area contributed by atoms with Crippen LogP contribution in [0.5, 0.6) is 0 Å². The molecule has 0 radical (unpaired) electrons. The van der Waals surface area contributed by atoms with Crippen LogP contribution < -0.4 is 5.73 Å². The van der Waals surface area contributed by atoms with Gasteiger partial charge in [-0.05, 0) is 30.9 Å². The Labute approximate surface area is 161 Å². The van der Waals surface area contributed by atoms with Crippen LogP contribution in [0.4, 0.5) is 0 Å². The minimum absolute atomic E-state index is 0.111. The summed E-state index contributed by atoms with van der Waals surface area (Å²) in [5, 5.41) is 11.7. The third kappa shape index (κ3) is 5.31. The van der Waals surface area contributed by atoms with Crippen LogP contribution in [0.25, 0.3) is 11.4 Å². The van der Waals surface area contributed by atoms with Gasteiger partial charge >= 0.3 is 0 Å². The van der Waals surface area contributed by atoms with Crippen LogP contribution in [-0.4, -0.2) is 34.1 Å². The maximum Gasteiger partial charge on any atom is 0.231 e.